The number of hydrogen-bond donors (Lipinski definition) is 0. The highest BCUT2D eigenvalue weighted by atomic mass is 28.4. The van der Waals surface area contributed by atoms with Crippen molar-refractivity contribution in [3.05, 3.63) is 0 Å². The number of ether oxygens (including phenoxy) is 2. The highest BCUT2D eigenvalue weighted by molar-refractivity contribution is 6.74. The van der Waals surface area contributed by atoms with Gasteiger partial charge in [0.25, 0.3) is 0 Å². The van der Waals surface area contributed by atoms with E-state index in [2.05, 4.69) is 47.7 Å². The Balaban J connectivity index is 3.05. The predicted molar refractivity (Wildman–Crippen MR) is 101 cm³/mol. The molecule has 0 aliphatic carbocycles. The lowest BCUT2D eigenvalue weighted by atomic mass is 9.84. The van der Waals surface area contributed by atoms with Crippen molar-refractivity contribution in [3.63, 3.8) is 0 Å². The van der Waals surface area contributed by atoms with Crippen LogP contribution in [0.2, 0.25) is 18.1 Å². The summed E-state index contributed by atoms with van der Waals surface area (Å²) in [4.78, 5) is 11.5. The van der Waals surface area contributed by atoms with Gasteiger partial charge in [0.15, 0.2) is 14.1 Å². The second kappa shape index (κ2) is 7.56. The molecule has 0 aromatic carbocycles. The van der Waals surface area contributed by atoms with Gasteiger partial charge in [0.05, 0.1) is 18.8 Å². The minimum Gasteiger partial charge on any atom is -0.413 e. The molecular formula is C19H38O4Si. The third-order valence-corrected chi connectivity index (χ3v) is 10.2. The molecule has 0 aromatic heterocycles. The molecule has 5 atom stereocenters. The van der Waals surface area contributed by atoms with Crippen molar-refractivity contribution >= 4 is 14.6 Å². The Kier molecular flexibility index (Phi) is 6.87. The topological polar surface area (TPSA) is 44.8 Å². The fourth-order valence-electron chi connectivity index (χ4n) is 3.01. The van der Waals surface area contributed by atoms with Crippen LogP contribution in [0.1, 0.15) is 55.4 Å². The van der Waals surface area contributed by atoms with Crippen LogP contribution in [0.4, 0.5) is 0 Å². The van der Waals surface area contributed by atoms with Crippen LogP contribution >= 0.6 is 0 Å². The molecule has 24 heavy (non-hydrogen) atoms. The summed E-state index contributed by atoms with van der Waals surface area (Å²) in [7, 11) is -1.98. The zero-order chi connectivity index (χ0) is 18.9. The lowest BCUT2D eigenvalue weighted by Gasteiger charge is -2.47. The van der Waals surface area contributed by atoms with Crippen LogP contribution < -0.4 is 0 Å². The van der Waals surface area contributed by atoms with E-state index in [0.29, 0.717) is 6.61 Å². The van der Waals surface area contributed by atoms with Crippen LogP contribution in [0.5, 0.6) is 0 Å². The standard InChI is InChI=1S/C19H38O4Si/c1-13(11-20)17(23-24(9,10)18(4,5)6)15(3)16-14(2)12-21-19(7,8)22-16/h11,13-17H,12H2,1-10H3/t13-,14+,15+,16+,17-/m0/s1. The Hall–Kier alpha value is -0.233. The number of carbonyl (C=O) groups is 1. The number of aldehydes is 1. The van der Waals surface area contributed by atoms with Crippen molar-refractivity contribution < 1.29 is 18.7 Å². The zero-order valence-electron chi connectivity index (χ0n) is 17.3. The molecule has 1 saturated heterocycles. The second-order valence-electron chi connectivity index (χ2n) is 9.47. The van der Waals surface area contributed by atoms with Gasteiger partial charge in [-0.1, -0.05) is 41.5 Å². The molecular weight excluding hydrogens is 320 g/mol. The molecule has 0 saturated carbocycles. The molecule has 0 radical (unpaired) electrons. The molecule has 0 amide bonds. The van der Waals surface area contributed by atoms with Crippen molar-refractivity contribution in [2.75, 3.05) is 6.61 Å². The summed E-state index contributed by atoms with van der Waals surface area (Å²) < 4.78 is 18.7. The Labute approximate surface area is 149 Å². The van der Waals surface area contributed by atoms with Crippen molar-refractivity contribution in [1.29, 1.82) is 0 Å². The van der Waals surface area contributed by atoms with Crippen LogP contribution in [-0.4, -0.2) is 39.2 Å². The Morgan fingerprint density at radius 3 is 2.25 bits per heavy atom. The number of rotatable bonds is 6. The highest BCUT2D eigenvalue weighted by Gasteiger charge is 2.45. The first kappa shape index (κ1) is 21.8. The van der Waals surface area contributed by atoms with Gasteiger partial charge in [-0.3, -0.25) is 0 Å². The molecule has 0 bridgehead atoms. The minimum absolute atomic E-state index is 0.0194. The zero-order valence-corrected chi connectivity index (χ0v) is 18.3. The van der Waals surface area contributed by atoms with Gasteiger partial charge in [-0.05, 0) is 32.0 Å². The van der Waals surface area contributed by atoms with E-state index < -0.39 is 14.1 Å². The molecule has 1 aliphatic rings. The molecule has 0 spiro atoms. The largest absolute Gasteiger partial charge is 0.413 e. The quantitative estimate of drug-likeness (QED) is 0.513. The third kappa shape index (κ3) is 5.13. The van der Waals surface area contributed by atoms with Crippen LogP contribution in [-0.2, 0) is 18.7 Å². The fourth-order valence-corrected chi connectivity index (χ4v) is 4.47. The van der Waals surface area contributed by atoms with E-state index in [1.54, 1.807) is 0 Å². The fraction of sp³-hybridized carbons (Fsp3) is 0.947. The van der Waals surface area contributed by atoms with Gasteiger partial charge in [-0.25, -0.2) is 0 Å². The van der Waals surface area contributed by atoms with Crippen LogP contribution in [0, 0.1) is 17.8 Å². The molecule has 4 nitrogen and oxygen atoms in total. The number of hydrogen-bond acceptors (Lipinski definition) is 4. The molecule has 0 unspecified atom stereocenters. The average Bonchev–Trinajstić information content (AvgIpc) is 2.44. The molecule has 1 rings (SSSR count). The number of carbonyl (C=O) groups excluding carboxylic acids is 1. The van der Waals surface area contributed by atoms with Gasteiger partial charge < -0.3 is 18.7 Å². The van der Waals surface area contributed by atoms with Crippen LogP contribution in [0.3, 0.4) is 0 Å². The minimum atomic E-state index is -1.98. The van der Waals surface area contributed by atoms with E-state index in [1.807, 2.05) is 20.8 Å². The van der Waals surface area contributed by atoms with E-state index in [-0.39, 0.29) is 35.0 Å². The molecule has 1 heterocycles. The first-order chi connectivity index (χ1) is 10.7. The highest BCUT2D eigenvalue weighted by Crippen LogP contribution is 2.41. The third-order valence-electron chi connectivity index (χ3n) is 5.68. The molecule has 1 fully saturated rings. The van der Waals surface area contributed by atoms with E-state index in [4.69, 9.17) is 13.9 Å². The van der Waals surface area contributed by atoms with Crippen molar-refractivity contribution in [2.24, 2.45) is 17.8 Å². The van der Waals surface area contributed by atoms with Crippen molar-refractivity contribution in [2.45, 2.75) is 91.5 Å². The average molecular weight is 359 g/mol. The predicted octanol–water partition coefficient (Wildman–Crippen LogP) is 4.64. The summed E-state index contributed by atoms with van der Waals surface area (Å²) in [6.45, 7) is 22.0. The molecule has 0 aromatic rings. The van der Waals surface area contributed by atoms with Crippen LogP contribution in [0.25, 0.3) is 0 Å². The normalized spacial score (nSPS) is 28.9. The van der Waals surface area contributed by atoms with E-state index in [1.165, 1.54) is 0 Å². The first-order valence-electron chi connectivity index (χ1n) is 9.17. The maximum absolute atomic E-state index is 11.5. The Bertz CT molecular complexity index is 428. The SMILES string of the molecule is C[C@@H]([C@@H](O[Si](C)(C)C(C)(C)C)[C@@H](C)C=O)[C@@H]1OC(C)(C)OC[C@H]1C. The van der Waals surface area contributed by atoms with Gasteiger partial charge in [-0.2, -0.15) is 0 Å². The second-order valence-corrected chi connectivity index (χ2v) is 14.2. The summed E-state index contributed by atoms with van der Waals surface area (Å²) in [5.74, 6) is -0.344. The summed E-state index contributed by atoms with van der Waals surface area (Å²) in [6.07, 6.45) is 0.902. The van der Waals surface area contributed by atoms with Crippen molar-refractivity contribution in [3.8, 4) is 0 Å². The van der Waals surface area contributed by atoms with E-state index in [9.17, 15) is 4.79 Å². The Morgan fingerprint density at radius 2 is 1.79 bits per heavy atom. The molecule has 5 heteroatoms. The summed E-state index contributed by atoms with van der Waals surface area (Å²) in [5.41, 5.74) is 0. The van der Waals surface area contributed by atoms with Gasteiger partial charge in [0, 0.05) is 17.8 Å². The molecule has 0 N–H and O–H groups in total. The molecule has 142 valence electrons. The van der Waals surface area contributed by atoms with Gasteiger partial charge >= 0.3 is 0 Å². The van der Waals surface area contributed by atoms with Crippen LogP contribution in [0.15, 0.2) is 0 Å². The smallest absolute Gasteiger partial charge is 0.192 e. The summed E-state index contributed by atoms with van der Waals surface area (Å²) >= 11 is 0. The van der Waals surface area contributed by atoms with Gasteiger partial charge in [-0.15, -0.1) is 0 Å². The summed E-state index contributed by atoms with van der Waals surface area (Å²) in [6, 6.07) is 0. The maximum atomic E-state index is 11.5. The maximum Gasteiger partial charge on any atom is 0.192 e. The van der Waals surface area contributed by atoms with Crippen molar-refractivity contribution in [1.82, 2.24) is 0 Å². The summed E-state index contributed by atoms with van der Waals surface area (Å²) in [5, 5.41) is 0.106. The lowest BCUT2D eigenvalue weighted by molar-refractivity contribution is -0.304. The molecule has 1 aliphatic heterocycles. The Morgan fingerprint density at radius 1 is 1.25 bits per heavy atom. The van der Waals surface area contributed by atoms with Gasteiger partial charge in [0.2, 0.25) is 0 Å². The van der Waals surface area contributed by atoms with Gasteiger partial charge in [0.1, 0.15) is 6.29 Å². The lowest BCUT2D eigenvalue weighted by Crippen LogP contribution is -2.54. The van der Waals surface area contributed by atoms with E-state index in [0.717, 1.165) is 6.29 Å². The van der Waals surface area contributed by atoms with E-state index >= 15 is 0 Å². The monoisotopic (exact) mass is 358 g/mol. The first-order valence-corrected chi connectivity index (χ1v) is 12.1.